The zero-order chi connectivity index (χ0) is 17.3. The van der Waals surface area contributed by atoms with Crippen LogP contribution in [0.25, 0.3) is 0 Å². The average Bonchev–Trinajstić information content (AvgIpc) is 2.52. The van der Waals surface area contributed by atoms with Gasteiger partial charge in [-0.05, 0) is 32.8 Å². The van der Waals surface area contributed by atoms with Gasteiger partial charge in [-0.1, -0.05) is 30.3 Å². The maximum atomic E-state index is 12.7. The normalized spacial score (nSPS) is 14.3. The molecule has 6 nitrogen and oxygen atoms in total. The van der Waals surface area contributed by atoms with Crippen molar-refractivity contribution in [3.8, 4) is 0 Å². The highest BCUT2D eigenvalue weighted by molar-refractivity contribution is 7.55. The first-order valence-corrected chi connectivity index (χ1v) is 9.37. The lowest BCUT2D eigenvalue weighted by atomic mass is 10.1. The third kappa shape index (κ3) is 6.07. The van der Waals surface area contributed by atoms with Crippen molar-refractivity contribution < 1.29 is 18.4 Å². The quantitative estimate of drug-likeness (QED) is 0.638. The van der Waals surface area contributed by atoms with Crippen molar-refractivity contribution in [1.82, 2.24) is 5.32 Å². The van der Waals surface area contributed by atoms with E-state index in [1.54, 1.807) is 20.8 Å². The van der Waals surface area contributed by atoms with Gasteiger partial charge in [0.15, 0.2) is 0 Å². The second-order valence-electron chi connectivity index (χ2n) is 5.45. The Hall–Kier alpha value is -1.20. The Morgan fingerprint density at radius 2 is 1.78 bits per heavy atom. The van der Waals surface area contributed by atoms with Crippen molar-refractivity contribution in [2.24, 2.45) is 5.73 Å². The molecule has 1 aromatic carbocycles. The van der Waals surface area contributed by atoms with E-state index in [0.717, 1.165) is 5.56 Å². The van der Waals surface area contributed by atoms with Gasteiger partial charge in [-0.25, -0.2) is 0 Å². The molecule has 0 spiro atoms. The number of hydrogen-bond acceptors (Lipinski definition) is 5. The first kappa shape index (κ1) is 19.8. The van der Waals surface area contributed by atoms with Crippen molar-refractivity contribution >= 4 is 13.5 Å². The number of nitrogens with one attached hydrogen (secondary N) is 1. The third-order valence-electron chi connectivity index (χ3n) is 3.41. The molecule has 130 valence electrons. The van der Waals surface area contributed by atoms with Gasteiger partial charge in [-0.2, -0.15) is 0 Å². The largest absolute Gasteiger partial charge is 0.352 e. The molecule has 0 bridgehead atoms. The molecule has 7 heteroatoms. The molecule has 23 heavy (non-hydrogen) atoms. The molecule has 0 fully saturated rings. The summed E-state index contributed by atoms with van der Waals surface area (Å²) in [7, 11) is -3.46. The number of hydrogen-bond donors (Lipinski definition) is 2. The topological polar surface area (TPSA) is 90.7 Å². The monoisotopic (exact) mass is 342 g/mol. The molecular weight excluding hydrogens is 315 g/mol. The first-order valence-electron chi connectivity index (χ1n) is 7.83. The molecule has 1 amide bonds. The Labute approximate surface area is 138 Å². The van der Waals surface area contributed by atoms with E-state index in [0.29, 0.717) is 6.54 Å². The smallest absolute Gasteiger partial charge is 0.350 e. The van der Waals surface area contributed by atoms with Gasteiger partial charge in [0.1, 0.15) is 5.28 Å². The fourth-order valence-corrected chi connectivity index (χ4v) is 3.79. The minimum atomic E-state index is -3.46. The highest BCUT2D eigenvalue weighted by Gasteiger charge is 2.43. The lowest BCUT2D eigenvalue weighted by molar-refractivity contribution is -0.121. The lowest BCUT2D eigenvalue weighted by Gasteiger charge is -2.32. The zero-order valence-electron chi connectivity index (χ0n) is 14.1. The average molecular weight is 342 g/mol. The standard InChI is InChI=1S/C16H27N2O4P/c1-4-21-23(20,22-5-2)16(3,17)12-11-15(19)18-13-14-9-7-6-8-10-14/h6-10H,4-5,11-13,17H2,1-3H3,(H,18,19)/t16-/m1/s1. The molecule has 1 rings (SSSR count). The molecule has 3 N–H and O–H groups in total. The molecule has 0 aliphatic heterocycles. The van der Waals surface area contributed by atoms with Gasteiger partial charge in [0, 0.05) is 13.0 Å². The van der Waals surface area contributed by atoms with E-state index in [-0.39, 0.29) is 32.0 Å². The van der Waals surface area contributed by atoms with Crippen LogP contribution in [0.15, 0.2) is 30.3 Å². The summed E-state index contributed by atoms with van der Waals surface area (Å²) in [4.78, 5) is 12.0. The van der Waals surface area contributed by atoms with E-state index in [1.807, 2.05) is 30.3 Å². The minimum absolute atomic E-state index is 0.148. The molecule has 0 unspecified atom stereocenters. The first-order chi connectivity index (χ1) is 10.8. The molecule has 0 saturated carbocycles. The molecule has 0 aromatic heterocycles. The summed E-state index contributed by atoms with van der Waals surface area (Å²) in [5.74, 6) is -0.148. The summed E-state index contributed by atoms with van der Waals surface area (Å²) in [6.45, 7) is 6.00. The van der Waals surface area contributed by atoms with Gasteiger partial charge in [0.2, 0.25) is 5.91 Å². The lowest BCUT2D eigenvalue weighted by Crippen LogP contribution is -2.39. The Bertz CT molecular complexity index is 524. The van der Waals surface area contributed by atoms with E-state index in [1.165, 1.54) is 0 Å². The maximum Gasteiger partial charge on any atom is 0.350 e. The predicted molar refractivity (Wildman–Crippen MR) is 91.0 cm³/mol. The Morgan fingerprint density at radius 3 is 2.30 bits per heavy atom. The van der Waals surface area contributed by atoms with Crippen LogP contribution in [0.1, 0.15) is 39.2 Å². The predicted octanol–water partition coefficient (Wildman–Crippen LogP) is 3.02. The van der Waals surface area contributed by atoms with Gasteiger partial charge in [-0.3, -0.25) is 9.36 Å². The highest BCUT2D eigenvalue weighted by Crippen LogP contribution is 2.58. The third-order valence-corrected chi connectivity index (χ3v) is 6.09. The van der Waals surface area contributed by atoms with Crippen LogP contribution in [0.3, 0.4) is 0 Å². The van der Waals surface area contributed by atoms with E-state index in [2.05, 4.69) is 5.32 Å². The van der Waals surface area contributed by atoms with E-state index < -0.39 is 12.9 Å². The van der Waals surface area contributed by atoms with E-state index in [9.17, 15) is 9.36 Å². The summed E-state index contributed by atoms with van der Waals surface area (Å²) in [5.41, 5.74) is 7.15. The van der Waals surface area contributed by atoms with Gasteiger partial charge in [0.05, 0.1) is 13.2 Å². The Kier molecular flexibility index (Phi) is 7.92. The second-order valence-corrected chi connectivity index (χ2v) is 7.99. The van der Waals surface area contributed by atoms with Crippen molar-refractivity contribution in [2.75, 3.05) is 13.2 Å². The summed E-state index contributed by atoms with van der Waals surface area (Å²) >= 11 is 0. The summed E-state index contributed by atoms with van der Waals surface area (Å²) in [5, 5.41) is 1.62. The number of benzene rings is 1. The van der Waals surface area contributed by atoms with Gasteiger partial charge >= 0.3 is 7.60 Å². The molecule has 0 saturated heterocycles. The van der Waals surface area contributed by atoms with Crippen LogP contribution in [0, 0.1) is 0 Å². The van der Waals surface area contributed by atoms with Gasteiger partial charge in [-0.15, -0.1) is 0 Å². The van der Waals surface area contributed by atoms with Crippen molar-refractivity contribution in [3.05, 3.63) is 35.9 Å². The van der Waals surface area contributed by atoms with Gasteiger partial charge in [0.25, 0.3) is 0 Å². The number of carbonyl (C=O) groups is 1. The highest BCUT2D eigenvalue weighted by atomic mass is 31.2. The fraction of sp³-hybridized carbons (Fsp3) is 0.562. The van der Waals surface area contributed by atoms with Crippen LogP contribution in [0.2, 0.25) is 0 Å². The molecule has 0 aliphatic rings. The van der Waals surface area contributed by atoms with Gasteiger partial charge < -0.3 is 20.1 Å². The number of amides is 1. The van der Waals surface area contributed by atoms with Crippen LogP contribution in [-0.2, 0) is 25.0 Å². The van der Waals surface area contributed by atoms with Crippen molar-refractivity contribution in [2.45, 2.75) is 45.4 Å². The van der Waals surface area contributed by atoms with Crippen LogP contribution >= 0.6 is 7.60 Å². The molecule has 1 atom stereocenters. The maximum absolute atomic E-state index is 12.7. The van der Waals surface area contributed by atoms with Crippen LogP contribution in [-0.4, -0.2) is 24.4 Å². The molecular formula is C16H27N2O4P. The minimum Gasteiger partial charge on any atom is -0.352 e. The zero-order valence-corrected chi connectivity index (χ0v) is 15.0. The van der Waals surface area contributed by atoms with Crippen molar-refractivity contribution in [3.63, 3.8) is 0 Å². The fourth-order valence-electron chi connectivity index (χ4n) is 2.06. The van der Waals surface area contributed by atoms with Crippen molar-refractivity contribution in [1.29, 1.82) is 0 Å². The number of carbonyl (C=O) groups excluding carboxylic acids is 1. The Morgan fingerprint density at radius 1 is 1.22 bits per heavy atom. The number of nitrogens with two attached hydrogens (primary N) is 1. The molecule has 0 radical (unpaired) electrons. The molecule has 0 aliphatic carbocycles. The molecule has 1 aromatic rings. The van der Waals surface area contributed by atoms with E-state index in [4.69, 9.17) is 14.8 Å². The molecule has 0 heterocycles. The van der Waals surface area contributed by atoms with Crippen LogP contribution < -0.4 is 11.1 Å². The van der Waals surface area contributed by atoms with Crippen LogP contribution in [0.4, 0.5) is 0 Å². The summed E-state index contributed by atoms with van der Waals surface area (Å²) < 4.78 is 23.3. The van der Waals surface area contributed by atoms with E-state index >= 15 is 0 Å². The Balaban J connectivity index is 2.53. The summed E-state index contributed by atoms with van der Waals surface area (Å²) in [6.07, 6.45) is 0.370. The van der Waals surface area contributed by atoms with Crippen LogP contribution in [0.5, 0.6) is 0 Å². The number of rotatable bonds is 10. The summed E-state index contributed by atoms with van der Waals surface area (Å²) in [6, 6.07) is 9.62. The SMILES string of the molecule is CCOP(=O)(OCC)[C@@](C)(N)CCC(=O)NCc1ccccc1. The second kappa shape index (κ2) is 9.18.